The van der Waals surface area contributed by atoms with Crippen LogP contribution in [0.15, 0.2) is 24.3 Å². The highest BCUT2D eigenvalue weighted by Gasteiger charge is 2.41. The molecule has 3 nitrogen and oxygen atoms in total. The van der Waals surface area contributed by atoms with E-state index >= 15 is 0 Å². The molecule has 0 aliphatic heterocycles. The second kappa shape index (κ2) is 6.80. The van der Waals surface area contributed by atoms with Gasteiger partial charge in [0.2, 0.25) is 0 Å². The van der Waals surface area contributed by atoms with Crippen LogP contribution in [0.1, 0.15) is 57.6 Å². The molecule has 1 fully saturated rings. The van der Waals surface area contributed by atoms with Crippen molar-refractivity contribution in [3.8, 4) is 5.75 Å². The van der Waals surface area contributed by atoms with Gasteiger partial charge >= 0.3 is 0 Å². The maximum Gasteiger partial charge on any atom is 0.119 e. The molecule has 1 atom stereocenters. The van der Waals surface area contributed by atoms with Crippen LogP contribution < -0.4 is 4.74 Å². The summed E-state index contributed by atoms with van der Waals surface area (Å²) in [5.41, 5.74) is 0.861. The molecule has 1 aromatic carbocycles. The molecule has 1 unspecified atom stereocenters. The van der Waals surface area contributed by atoms with Crippen molar-refractivity contribution < 1.29 is 9.84 Å². The predicted molar refractivity (Wildman–Crippen MR) is 86.7 cm³/mol. The fourth-order valence-electron chi connectivity index (χ4n) is 3.44. The molecule has 21 heavy (non-hydrogen) atoms. The minimum Gasteiger partial charge on any atom is -0.491 e. The third kappa shape index (κ3) is 3.58. The van der Waals surface area contributed by atoms with Crippen molar-refractivity contribution >= 4 is 0 Å². The molecular formula is C18H29NO2. The van der Waals surface area contributed by atoms with E-state index in [-0.39, 0.29) is 11.6 Å². The second-order valence-electron chi connectivity index (χ2n) is 6.70. The topological polar surface area (TPSA) is 32.7 Å². The maximum atomic E-state index is 11.0. The van der Waals surface area contributed by atoms with Gasteiger partial charge in [0, 0.05) is 0 Å². The summed E-state index contributed by atoms with van der Waals surface area (Å²) >= 11 is 0. The van der Waals surface area contributed by atoms with E-state index in [0.717, 1.165) is 24.2 Å². The van der Waals surface area contributed by atoms with Crippen molar-refractivity contribution in [2.24, 2.45) is 0 Å². The van der Waals surface area contributed by atoms with E-state index in [1.807, 2.05) is 38.1 Å². The van der Waals surface area contributed by atoms with Gasteiger partial charge < -0.3 is 14.7 Å². The van der Waals surface area contributed by atoms with E-state index in [9.17, 15) is 5.11 Å². The Bertz CT molecular complexity index is 433. The van der Waals surface area contributed by atoms with Gasteiger partial charge in [0.25, 0.3) is 0 Å². The zero-order chi connectivity index (χ0) is 15.5. The number of aliphatic hydroxyl groups excluding tert-OH is 1. The normalized spacial score (nSPS) is 19.8. The van der Waals surface area contributed by atoms with Crippen LogP contribution in [0, 0.1) is 0 Å². The molecule has 2 rings (SSSR count). The average Bonchev–Trinajstić information content (AvgIpc) is 2.47. The van der Waals surface area contributed by atoms with Crippen LogP contribution in [0.2, 0.25) is 0 Å². The fraction of sp³-hybridized carbons (Fsp3) is 0.667. The number of nitrogens with zero attached hydrogens (tertiary/aromatic N) is 1. The number of hydrogen-bond donors (Lipinski definition) is 1. The summed E-state index contributed by atoms with van der Waals surface area (Å²) in [4.78, 5) is 2.22. The first-order valence-corrected chi connectivity index (χ1v) is 8.08. The van der Waals surface area contributed by atoms with Crippen LogP contribution >= 0.6 is 0 Å². The van der Waals surface area contributed by atoms with Gasteiger partial charge in [-0.05, 0) is 58.5 Å². The van der Waals surface area contributed by atoms with Gasteiger partial charge in [0.05, 0.1) is 17.7 Å². The van der Waals surface area contributed by atoms with Crippen LogP contribution in [0.4, 0.5) is 0 Å². The van der Waals surface area contributed by atoms with Gasteiger partial charge in [-0.1, -0.05) is 31.4 Å². The Morgan fingerprint density at radius 3 is 2.10 bits per heavy atom. The van der Waals surface area contributed by atoms with Gasteiger partial charge in [-0.15, -0.1) is 0 Å². The molecule has 0 heterocycles. The highest BCUT2D eigenvalue weighted by atomic mass is 16.5. The Labute approximate surface area is 128 Å². The molecule has 0 saturated heterocycles. The van der Waals surface area contributed by atoms with E-state index < -0.39 is 6.10 Å². The van der Waals surface area contributed by atoms with Crippen LogP contribution in [0.3, 0.4) is 0 Å². The van der Waals surface area contributed by atoms with E-state index in [1.54, 1.807) is 0 Å². The number of benzene rings is 1. The Balaban J connectivity index is 2.18. The quantitative estimate of drug-likeness (QED) is 0.896. The molecule has 1 aliphatic carbocycles. The van der Waals surface area contributed by atoms with Gasteiger partial charge in [-0.25, -0.2) is 0 Å². The molecule has 0 aromatic heterocycles. The van der Waals surface area contributed by atoms with Gasteiger partial charge in [-0.2, -0.15) is 0 Å². The Morgan fingerprint density at radius 1 is 1.05 bits per heavy atom. The van der Waals surface area contributed by atoms with Crippen molar-refractivity contribution in [3.63, 3.8) is 0 Å². The van der Waals surface area contributed by atoms with Crippen molar-refractivity contribution in [1.29, 1.82) is 0 Å². The Morgan fingerprint density at radius 2 is 1.62 bits per heavy atom. The van der Waals surface area contributed by atoms with Crippen molar-refractivity contribution in [1.82, 2.24) is 4.90 Å². The smallest absolute Gasteiger partial charge is 0.119 e. The standard InChI is InChI=1S/C18H29NO2/c1-14(2)21-16-10-8-15(9-11-16)17(20)18(19(3)4)12-6-5-7-13-18/h8-11,14,17,20H,5-7,12-13H2,1-4H3. The third-order valence-electron chi connectivity index (χ3n) is 4.69. The number of aliphatic hydroxyl groups is 1. The summed E-state index contributed by atoms with van der Waals surface area (Å²) in [5, 5.41) is 11.0. The molecule has 118 valence electrons. The lowest BCUT2D eigenvalue weighted by Crippen LogP contribution is -2.50. The number of hydrogen-bond acceptors (Lipinski definition) is 3. The van der Waals surface area contributed by atoms with E-state index in [0.29, 0.717) is 0 Å². The second-order valence-corrected chi connectivity index (χ2v) is 6.70. The Hall–Kier alpha value is -1.06. The van der Waals surface area contributed by atoms with Crippen LogP contribution in [-0.4, -0.2) is 35.7 Å². The predicted octanol–water partition coefficient (Wildman–Crippen LogP) is 3.77. The highest BCUT2D eigenvalue weighted by molar-refractivity contribution is 5.30. The fourth-order valence-corrected chi connectivity index (χ4v) is 3.44. The lowest BCUT2D eigenvalue weighted by atomic mass is 9.74. The molecule has 1 N–H and O–H groups in total. The number of ether oxygens (including phenoxy) is 1. The molecular weight excluding hydrogens is 262 g/mol. The minimum absolute atomic E-state index is 0.126. The summed E-state index contributed by atoms with van der Waals surface area (Å²) in [6.45, 7) is 4.04. The number of rotatable bonds is 5. The summed E-state index contributed by atoms with van der Waals surface area (Å²) < 4.78 is 5.67. The number of likely N-dealkylation sites (N-methyl/N-ethyl adjacent to an activating group) is 1. The van der Waals surface area contributed by atoms with Gasteiger partial charge in [0.1, 0.15) is 5.75 Å². The zero-order valence-electron chi connectivity index (χ0n) is 13.8. The molecule has 1 aliphatic rings. The van der Waals surface area contributed by atoms with Crippen molar-refractivity contribution in [2.45, 2.75) is 63.7 Å². The SMILES string of the molecule is CC(C)Oc1ccc(C(O)C2(N(C)C)CCCCC2)cc1. The lowest BCUT2D eigenvalue weighted by molar-refractivity contribution is -0.0336. The first-order valence-electron chi connectivity index (χ1n) is 8.08. The first-order chi connectivity index (χ1) is 9.95. The van der Waals surface area contributed by atoms with Gasteiger partial charge in [0.15, 0.2) is 0 Å². The van der Waals surface area contributed by atoms with Crippen LogP contribution in [0.5, 0.6) is 5.75 Å². The highest BCUT2D eigenvalue weighted by Crippen LogP contribution is 2.42. The summed E-state index contributed by atoms with van der Waals surface area (Å²) in [5.74, 6) is 0.864. The van der Waals surface area contributed by atoms with E-state index in [1.165, 1.54) is 19.3 Å². The average molecular weight is 291 g/mol. The Kier molecular flexibility index (Phi) is 5.28. The molecule has 0 spiro atoms. The molecule has 1 saturated carbocycles. The molecule has 0 radical (unpaired) electrons. The first kappa shape index (κ1) is 16.3. The third-order valence-corrected chi connectivity index (χ3v) is 4.69. The monoisotopic (exact) mass is 291 g/mol. The van der Waals surface area contributed by atoms with Crippen LogP contribution in [0.25, 0.3) is 0 Å². The van der Waals surface area contributed by atoms with Crippen molar-refractivity contribution in [3.05, 3.63) is 29.8 Å². The van der Waals surface area contributed by atoms with Gasteiger partial charge in [-0.3, -0.25) is 0 Å². The molecule has 0 bridgehead atoms. The summed E-state index contributed by atoms with van der Waals surface area (Å²) in [7, 11) is 4.18. The van der Waals surface area contributed by atoms with E-state index in [4.69, 9.17) is 4.74 Å². The molecule has 0 amide bonds. The summed E-state index contributed by atoms with van der Waals surface area (Å²) in [6, 6.07) is 7.93. The lowest BCUT2D eigenvalue weighted by Gasteiger charge is -2.46. The van der Waals surface area contributed by atoms with E-state index in [2.05, 4.69) is 19.0 Å². The molecule has 1 aromatic rings. The largest absolute Gasteiger partial charge is 0.491 e. The molecule has 3 heteroatoms. The zero-order valence-corrected chi connectivity index (χ0v) is 13.8. The van der Waals surface area contributed by atoms with Crippen molar-refractivity contribution in [2.75, 3.05) is 14.1 Å². The van der Waals surface area contributed by atoms with Crippen LogP contribution in [-0.2, 0) is 0 Å². The maximum absolute atomic E-state index is 11.0. The minimum atomic E-state index is -0.444. The summed E-state index contributed by atoms with van der Waals surface area (Å²) in [6.07, 6.45) is 5.53.